The molecule has 0 aromatic carbocycles. The van der Waals surface area contributed by atoms with Crippen molar-refractivity contribution in [2.75, 3.05) is 19.7 Å². The normalized spacial score (nSPS) is 19.2. The first-order chi connectivity index (χ1) is 7.49. The molecule has 0 saturated carbocycles. The lowest BCUT2D eigenvalue weighted by molar-refractivity contribution is 0.170. The van der Waals surface area contributed by atoms with Crippen molar-refractivity contribution in [1.82, 2.24) is 9.03 Å². The van der Waals surface area contributed by atoms with E-state index in [4.69, 9.17) is 0 Å². The van der Waals surface area contributed by atoms with Crippen molar-refractivity contribution in [2.24, 2.45) is 0 Å². The summed E-state index contributed by atoms with van der Waals surface area (Å²) in [6, 6.07) is 0. The Hall–Kier alpha value is -0.170. The van der Waals surface area contributed by atoms with E-state index in [2.05, 4.69) is 4.72 Å². The van der Waals surface area contributed by atoms with E-state index in [9.17, 15) is 13.5 Å². The van der Waals surface area contributed by atoms with E-state index in [-0.39, 0.29) is 6.61 Å². The van der Waals surface area contributed by atoms with Gasteiger partial charge in [-0.25, -0.2) is 0 Å². The van der Waals surface area contributed by atoms with Gasteiger partial charge in [0.15, 0.2) is 0 Å². The molecule has 96 valence electrons. The van der Waals surface area contributed by atoms with Gasteiger partial charge in [-0.2, -0.15) is 17.4 Å². The minimum atomic E-state index is -3.43. The molecule has 1 aliphatic heterocycles. The Morgan fingerprint density at radius 3 is 2.12 bits per heavy atom. The maximum atomic E-state index is 12.0. The standard InChI is InChI=1S/C10H22N2O3S/c1-3-10(4-2,9-13)11-16(14,15)12-7-5-6-8-12/h11,13H,3-9H2,1-2H3. The summed E-state index contributed by atoms with van der Waals surface area (Å²) in [5.41, 5.74) is -0.707. The summed E-state index contributed by atoms with van der Waals surface area (Å²) in [4.78, 5) is 0. The van der Waals surface area contributed by atoms with E-state index in [1.165, 1.54) is 4.31 Å². The highest BCUT2D eigenvalue weighted by atomic mass is 32.2. The molecule has 0 spiro atoms. The maximum absolute atomic E-state index is 12.0. The van der Waals surface area contributed by atoms with Crippen LogP contribution >= 0.6 is 0 Å². The third-order valence-corrected chi connectivity index (χ3v) is 5.14. The number of nitrogens with zero attached hydrogens (tertiary/aromatic N) is 1. The van der Waals surface area contributed by atoms with Crippen molar-refractivity contribution >= 4 is 10.2 Å². The summed E-state index contributed by atoms with van der Waals surface area (Å²) in [5, 5.41) is 9.34. The molecule has 0 bridgehead atoms. The van der Waals surface area contributed by atoms with Gasteiger partial charge in [-0.05, 0) is 25.7 Å². The summed E-state index contributed by atoms with van der Waals surface area (Å²) < 4.78 is 28.2. The molecule has 2 N–H and O–H groups in total. The maximum Gasteiger partial charge on any atom is 0.280 e. The van der Waals surface area contributed by atoms with E-state index in [1.54, 1.807) is 0 Å². The third-order valence-electron chi connectivity index (χ3n) is 3.41. The highest BCUT2D eigenvalue weighted by Gasteiger charge is 2.34. The molecule has 16 heavy (non-hydrogen) atoms. The molecule has 5 nitrogen and oxygen atoms in total. The lowest BCUT2D eigenvalue weighted by atomic mass is 9.96. The van der Waals surface area contributed by atoms with Crippen LogP contribution in [0, 0.1) is 0 Å². The summed E-state index contributed by atoms with van der Waals surface area (Å²) in [7, 11) is -3.43. The largest absolute Gasteiger partial charge is 0.394 e. The van der Waals surface area contributed by atoms with Crippen molar-refractivity contribution in [2.45, 2.75) is 45.1 Å². The van der Waals surface area contributed by atoms with Crippen LogP contribution in [0.15, 0.2) is 0 Å². The second kappa shape index (κ2) is 5.44. The molecule has 0 aliphatic carbocycles. The number of nitrogens with one attached hydrogen (secondary N) is 1. The van der Waals surface area contributed by atoms with Crippen LogP contribution in [0.3, 0.4) is 0 Å². The Bertz CT molecular complexity index is 298. The van der Waals surface area contributed by atoms with Crippen LogP contribution < -0.4 is 4.72 Å². The zero-order chi connectivity index (χ0) is 12.2. The fraction of sp³-hybridized carbons (Fsp3) is 1.00. The van der Waals surface area contributed by atoms with E-state index in [0.717, 1.165) is 12.8 Å². The van der Waals surface area contributed by atoms with Gasteiger partial charge >= 0.3 is 0 Å². The van der Waals surface area contributed by atoms with Crippen molar-refractivity contribution in [3.05, 3.63) is 0 Å². The second-order valence-electron chi connectivity index (χ2n) is 4.36. The minimum absolute atomic E-state index is 0.160. The highest BCUT2D eigenvalue weighted by molar-refractivity contribution is 7.87. The van der Waals surface area contributed by atoms with Crippen molar-refractivity contribution in [3.63, 3.8) is 0 Å². The Morgan fingerprint density at radius 1 is 1.25 bits per heavy atom. The molecule has 1 aliphatic rings. The average Bonchev–Trinajstić information content (AvgIpc) is 2.80. The van der Waals surface area contributed by atoms with Crippen LogP contribution in [-0.4, -0.2) is 43.1 Å². The SMILES string of the molecule is CCC(CC)(CO)NS(=O)(=O)N1CCCC1. The molecule has 1 rings (SSSR count). The summed E-state index contributed by atoms with van der Waals surface area (Å²) in [5.74, 6) is 0. The van der Waals surface area contributed by atoms with Gasteiger partial charge in [0.1, 0.15) is 0 Å². The first-order valence-corrected chi connectivity index (χ1v) is 7.33. The minimum Gasteiger partial charge on any atom is -0.394 e. The van der Waals surface area contributed by atoms with Gasteiger partial charge in [-0.15, -0.1) is 0 Å². The molecular weight excluding hydrogens is 228 g/mol. The zero-order valence-corrected chi connectivity index (χ0v) is 10.9. The van der Waals surface area contributed by atoms with E-state index < -0.39 is 15.7 Å². The zero-order valence-electron chi connectivity index (χ0n) is 10.1. The molecule has 0 unspecified atom stereocenters. The van der Waals surface area contributed by atoms with Crippen LogP contribution in [0.5, 0.6) is 0 Å². The number of hydrogen-bond donors (Lipinski definition) is 2. The van der Waals surface area contributed by atoms with E-state index >= 15 is 0 Å². The summed E-state index contributed by atoms with van der Waals surface area (Å²) >= 11 is 0. The first-order valence-electron chi connectivity index (χ1n) is 5.89. The molecular formula is C10H22N2O3S. The number of rotatable bonds is 6. The average molecular weight is 250 g/mol. The predicted molar refractivity (Wildman–Crippen MR) is 63.3 cm³/mol. The highest BCUT2D eigenvalue weighted by Crippen LogP contribution is 2.19. The molecule has 6 heteroatoms. The number of hydrogen-bond acceptors (Lipinski definition) is 3. The molecule has 0 amide bonds. The van der Waals surface area contributed by atoms with Gasteiger partial charge in [-0.3, -0.25) is 0 Å². The van der Waals surface area contributed by atoms with Crippen molar-refractivity contribution < 1.29 is 13.5 Å². The Balaban J connectivity index is 2.76. The topological polar surface area (TPSA) is 69.6 Å². The Labute approximate surface area is 98.0 Å². The Kier molecular flexibility index (Phi) is 4.73. The quantitative estimate of drug-likeness (QED) is 0.720. The van der Waals surface area contributed by atoms with Crippen LogP contribution in [0.25, 0.3) is 0 Å². The molecule has 1 fully saturated rings. The van der Waals surface area contributed by atoms with Crippen LogP contribution in [0.1, 0.15) is 39.5 Å². The number of aliphatic hydroxyl groups is 1. The van der Waals surface area contributed by atoms with Crippen LogP contribution in [0.4, 0.5) is 0 Å². The lowest BCUT2D eigenvalue weighted by Crippen LogP contribution is -2.54. The molecule has 0 aromatic rings. The van der Waals surface area contributed by atoms with E-state index in [0.29, 0.717) is 25.9 Å². The fourth-order valence-electron chi connectivity index (χ4n) is 1.92. The van der Waals surface area contributed by atoms with Gasteiger partial charge in [-0.1, -0.05) is 13.8 Å². The van der Waals surface area contributed by atoms with Gasteiger partial charge < -0.3 is 5.11 Å². The monoisotopic (exact) mass is 250 g/mol. The van der Waals surface area contributed by atoms with Gasteiger partial charge in [0.05, 0.1) is 12.1 Å². The van der Waals surface area contributed by atoms with Crippen LogP contribution in [-0.2, 0) is 10.2 Å². The van der Waals surface area contributed by atoms with Gasteiger partial charge in [0, 0.05) is 13.1 Å². The molecule has 1 saturated heterocycles. The van der Waals surface area contributed by atoms with Crippen LogP contribution in [0.2, 0.25) is 0 Å². The first kappa shape index (κ1) is 13.9. The Morgan fingerprint density at radius 2 is 1.75 bits per heavy atom. The van der Waals surface area contributed by atoms with Crippen molar-refractivity contribution in [1.29, 1.82) is 0 Å². The molecule has 1 heterocycles. The molecule has 0 radical (unpaired) electrons. The second-order valence-corrected chi connectivity index (χ2v) is 6.03. The lowest BCUT2D eigenvalue weighted by Gasteiger charge is -2.32. The third kappa shape index (κ3) is 2.94. The molecule has 0 aromatic heterocycles. The predicted octanol–water partition coefficient (Wildman–Crippen LogP) is 0.468. The number of aliphatic hydroxyl groups excluding tert-OH is 1. The van der Waals surface area contributed by atoms with Gasteiger partial charge in [0.2, 0.25) is 0 Å². The van der Waals surface area contributed by atoms with E-state index in [1.807, 2.05) is 13.8 Å². The fourth-order valence-corrected chi connectivity index (χ4v) is 3.69. The van der Waals surface area contributed by atoms with Crippen molar-refractivity contribution in [3.8, 4) is 0 Å². The smallest absolute Gasteiger partial charge is 0.280 e. The molecule has 0 atom stereocenters. The summed E-state index contributed by atoms with van der Waals surface area (Å²) in [6.45, 7) is 4.78. The van der Waals surface area contributed by atoms with Gasteiger partial charge in [0.25, 0.3) is 10.2 Å². The summed E-state index contributed by atoms with van der Waals surface area (Å²) in [6.07, 6.45) is 3.02.